The largest absolute Gasteiger partial charge is 0.352 e. The van der Waals surface area contributed by atoms with E-state index in [2.05, 4.69) is 5.32 Å². The number of carbonyl (C=O) groups is 1. The first kappa shape index (κ1) is 22.7. The fraction of sp³-hybridized carbons (Fsp3) is 0.350. The second kappa shape index (κ2) is 9.05. The molecular weight excluding hydrogens is 448 g/mol. The van der Waals surface area contributed by atoms with Gasteiger partial charge in [-0.1, -0.05) is 29.3 Å². The van der Waals surface area contributed by atoms with E-state index in [0.29, 0.717) is 17.9 Å². The molecule has 0 saturated carbocycles. The van der Waals surface area contributed by atoms with E-state index in [1.807, 2.05) is 6.92 Å². The zero-order valence-electron chi connectivity index (χ0n) is 16.4. The van der Waals surface area contributed by atoms with E-state index in [4.69, 9.17) is 11.6 Å². The molecule has 1 aliphatic rings. The molecule has 0 bridgehead atoms. The number of hydrogen-bond acceptors (Lipinski definition) is 5. The maximum atomic E-state index is 12.7. The molecule has 10 heteroatoms. The predicted octanol–water partition coefficient (Wildman–Crippen LogP) is 2.39. The molecule has 2 aromatic rings. The zero-order chi connectivity index (χ0) is 21.9. The van der Waals surface area contributed by atoms with Crippen molar-refractivity contribution in [2.75, 3.05) is 18.8 Å². The SMILES string of the molecule is Cc1ccc(S(=O)(=O)N2CCC(NC(=O)CS(=O)(=O)c3ccc(Cl)cc3)CC2)cc1. The van der Waals surface area contributed by atoms with Crippen LogP contribution in [0, 0.1) is 6.92 Å². The van der Waals surface area contributed by atoms with Crippen LogP contribution in [0.25, 0.3) is 0 Å². The third kappa shape index (κ3) is 5.40. The Kier molecular flexibility index (Phi) is 6.86. The molecule has 0 unspecified atom stereocenters. The molecule has 0 atom stereocenters. The van der Waals surface area contributed by atoms with Crippen LogP contribution < -0.4 is 5.32 Å². The maximum absolute atomic E-state index is 12.7. The number of amides is 1. The normalized spacial score (nSPS) is 16.3. The Morgan fingerprint density at radius 3 is 2.07 bits per heavy atom. The van der Waals surface area contributed by atoms with Crippen molar-refractivity contribution >= 4 is 37.4 Å². The monoisotopic (exact) mass is 470 g/mol. The lowest BCUT2D eigenvalue weighted by atomic mass is 10.1. The van der Waals surface area contributed by atoms with Crippen molar-refractivity contribution in [3.8, 4) is 0 Å². The molecule has 0 aromatic heterocycles. The summed E-state index contributed by atoms with van der Waals surface area (Å²) in [5, 5.41) is 3.12. The van der Waals surface area contributed by atoms with Crippen molar-refractivity contribution in [3.05, 3.63) is 59.1 Å². The Bertz CT molecular complexity index is 1110. The second-order valence-corrected chi connectivity index (χ2v) is 11.6. The van der Waals surface area contributed by atoms with Gasteiger partial charge >= 0.3 is 0 Å². The van der Waals surface area contributed by atoms with Gasteiger partial charge in [0.15, 0.2) is 9.84 Å². The topological polar surface area (TPSA) is 101 Å². The van der Waals surface area contributed by atoms with Gasteiger partial charge in [0.2, 0.25) is 15.9 Å². The lowest BCUT2D eigenvalue weighted by Gasteiger charge is -2.31. The first-order valence-corrected chi connectivity index (χ1v) is 12.9. The maximum Gasteiger partial charge on any atom is 0.243 e. The number of rotatable bonds is 6. The summed E-state index contributed by atoms with van der Waals surface area (Å²) >= 11 is 5.77. The first-order chi connectivity index (χ1) is 14.1. The minimum atomic E-state index is -3.78. The third-order valence-electron chi connectivity index (χ3n) is 4.97. The Morgan fingerprint density at radius 2 is 1.50 bits per heavy atom. The van der Waals surface area contributed by atoms with Gasteiger partial charge in [0.1, 0.15) is 5.75 Å². The molecule has 0 radical (unpaired) electrons. The van der Waals surface area contributed by atoms with Crippen LogP contribution in [0.4, 0.5) is 0 Å². The molecule has 30 heavy (non-hydrogen) atoms. The number of hydrogen-bond donors (Lipinski definition) is 1. The average Bonchev–Trinajstić information content (AvgIpc) is 2.68. The molecule has 1 saturated heterocycles. The molecule has 1 N–H and O–H groups in total. The molecule has 1 fully saturated rings. The molecule has 1 amide bonds. The van der Waals surface area contributed by atoms with Gasteiger partial charge in [-0.2, -0.15) is 4.31 Å². The molecule has 162 valence electrons. The Labute approximate surface area is 182 Å². The number of halogens is 1. The quantitative estimate of drug-likeness (QED) is 0.698. The Hall–Kier alpha value is -1.94. The number of nitrogens with zero attached hydrogens (tertiary/aromatic N) is 1. The highest BCUT2D eigenvalue weighted by molar-refractivity contribution is 7.92. The van der Waals surface area contributed by atoms with Gasteiger partial charge in [0, 0.05) is 24.2 Å². The second-order valence-electron chi connectivity index (χ2n) is 7.27. The molecular formula is C20H23ClN2O5S2. The molecule has 0 aliphatic carbocycles. The summed E-state index contributed by atoms with van der Waals surface area (Å²) < 4.78 is 51.6. The minimum Gasteiger partial charge on any atom is -0.352 e. The molecule has 1 heterocycles. The minimum absolute atomic E-state index is 0.0288. The van der Waals surface area contributed by atoms with Crippen molar-refractivity contribution in [3.63, 3.8) is 0 Å². The summed E-state index contributed by atoms with van der Waals surface area (Å²) in [4.78, 5) is 12.5. The summed E-state index contributed by atoms with van der Waals surface area (Å²) in [7, 11) is -7.36. The Morgan fingerprint density at radius 1 is 0.967 bits per heavy atom. The number of sulfonamides is 1. The van der Waals surface area contributed by atoms with Crippen molar-refractivity contribution < 1.29 is 21.6 Å². The van der Waals surface area contributed by atoms with E-state index in [-0.39, 0.29) is 28.9 Å². The lowest BCUT2D eigenvalue weighted by Crippen LogP contribution is -2.47. The fourth-order valence-corrected chi connectivity index (χ4v) is 6.01. The molecule has 1 aliphatic heterocycles. The summed E-state index contributed by atoms with van der Waals surface area (Å²) in [6.07, 6.45) is 0.829. The van der Waals surface area contributed by atoms with Gasteiger partial charge in [-0.15, -0.1) is 0 Å². The van der Waals surface area contributed by atoms with E-state index in [1.165, 1.54) is 28.6 Å². The van der Waals surface area contributed by atoms with Gasteiger partial charge in [-0.05, 0) is 56.2 Å². The van der Waals surface area contributed by atoms with Crippen molar-refractivity contribution in [2.24, 2.45) is 0 Å². The zero-order valence-corrected chi connectivity index (χ0v) is 18.8. The van der Waals surface area contributed by atoms with Gasteiger partial charge in [-0.3, -0.25) is 4.79 Å². The van der Waals surface area contributed by atoms with E-state index in [0.717, 1.165) is 5.56 Å². The van der Waals surface area contributed by atoms with E-state index in [1.54, 1.807) is 24.3 Å². The Balaban J connectivity index is 1.56. The van der Waals surface area contributed by atoms with Crippen molar-refractivity contribution in [2.45, 2.75) is 35.6 Å². The number of carbonyl (C=O) groups excluding carboxylic acids is 1. The average molecular weight is 471 g/mol. The van der Waals surface area contributed by atoms with Crippen LogP contribution in [-0.2, 0) is 24.7 Å². The molecule has 2 aromatic carbocycles. The van der Waals surface area contributed by atoms with Crippen LogP contribution in [0.3, 0.4) is 0 Å². The van der Waals surface area contributed by atoms with E-state index < -0.39 is 31.5 Å². The molecule has 3 rings (SSSR count). The van der Waals surface area contributed by atoms with Crippen LogP contribution >= 0.6 is 11.6 Å². The van der Waals surface area contributed by atoms with Gasteiger partial charge in [-0.25, -0.2) is 16.8 Å². The molecule has 0 spiro atoms. The van der Waals surface area contributed by atoms with Crippen LogP contribution in [-0.4, -0.2) is 51.9 Å². The first-order valence-electron chi connectivity index (χ1n) is 9.42. The van der Waals surface area contributed by atoms with Crippen LogP contribution in [0.1, 0.15) is 18.4 Å². The van der Waals surface area contributed by atoms with Crippen LogP contribution in [0.2, 0.25) is 5.02 Å². The highest BCUT2D eigenvalue weighted by atomic mass is 35.5. The highest BCUT2D eigenvalue weighted by Gasteiger charge is 2.30. The van der Waals surface area contributed by atoms with Gasteiger partial charge in [0.25, 0.3) is 0 Å². The van der Waals surface area contributed by atoms with Crippen LogP contribution in [0.15, 0.2) is 58.3 Å². The summed E-state index contributed by atoms with van der Waals surface area (Å²) in [6.45, 7) is 2.40. The van der Waals surface area contributed by atoms with Gasteiger partial charge < -0.3 is 5.32 Å². The van der Waals surface area contributed by atoms with Crippen molar-refractivity contribution in [1.82, 2.24) is 9.62 Å². The lowest BCUT2D eigenvalue weighted by molar-refractivity contribution is -0.119. The van der Waals surface area contributed by atoms with Crippen molar-refractivity contribution in [1.29, 1.82) is 0 Å². The number of nitrogens with one attached hydrogen (secondary N) is 1. The number of aryl methyl sites for hydroxylation is 1. The summed E-state index contributed by atoms with van der Waals surface area (Å²) in [5.41, 5.74) is 0.976. The third-order valence-corrected chi connectivity index (χ3v) is 8.77. The smallest absolute Gasteiger partial charge is 0.243 e. The fourth-order valence-electron chi connectivity index (χ4n) is 3.27. The van der Waals surface area contributed by atoms with E-state index >= 15 is 0 Å². The summed E-state index contributed by atoms with van der Waals surface area (Å²) in [6, 6.07) is 12.0. The number of sulfone groups is 1. The predicted molar refractivity (Wildman–Crippen MR) is 115 cm³/mol. The summed E-state index contributed by atoms with van der Waals surface area (Å²) in [5.74, 6) is -1.28. The highest BCUT2D eigenvalue weighted by Crippen LogP contribution is 2.21. The number of piperidine rings is 1. The standard InChI is InChI=1S/C20H23ClN2O5S2/c1-15-2-6-19(7-3-15)30(27,28)23-12-10-17(11-13-23)22-20(24)14-29(25,26)18-8-4-16(21)5-9-18/h2-9,17H,10-14H2,1H3,(H,22,24). The molecule has 7 nitrogen and oxygen atoms in total. The van der Waals surface area contributed by atoms with Gasteiger partial charge in [0.05, 0.1) is 9.79 Å². The number of benzene rings is 2. The van der Waals surface area contributed by atoms with Crippen LogP contribution in [0.5, 0.6) is 0 Å². The van der Waals surface area contributed by atoms with E-state index in [9.17, 15) is 21.6 Å².